The lowest BCUT2D eigenvalue weighted by Gasteiger charge is -2.59. The molecule has 4 aliphatic carbocycles. The van der Waals surface area contributed by atoms with Crippen LogP contribution in [0.3, 0.4) is 0 Å². The molecule has 4 fully saturated rings. The summed E-state index contributed by atoms with van der Waals surface area (Å²) in [5.41, 5.74) is 0.296. The van der Waals surface area contributed by atoms with E-state index in [0.29, 0.717) is 22.5 Å². The molecule has 25 heavy (non-hydrogen) atoms. The fourth-order valence-electron chi connectivity index (χ4n) is 5.50. The van der Waals surface area contributed by atoms with Gasteiger partial charge in [-0.15, -0.1) is 11.6 Å². The second-order valence-corrected chi connectivity index (χ2v) is 9.37. The smallest absolute Gasteiger partial charge is 0.243 e. The van der Waals surface area contributed by atoms with Crippen LogP contribution in [0.4, 0.5) is 5.69 Å². The monoisotopic (exact) mass is 380 g/mol. The summed E-state index contributed by atoms with van der Waals surface area (Å²) in [6.07, 6.45) is 5.87. The van der Waals surface area contributed by atoms with Crippen molar-refractivity contribution in [3.8, 4) is 0 Å². The quantitative estimate of drug-likeness (QED) is 0.776. The number of rotatable bonds is 4. The van der Waals surface area contributed by atoms with Crippen LogP contribution in [0.5, 0.6) is 0 Å². The van der Waals surface area contributed by atoms with E-state index >= 15 is 0 Å². The topological polar surface area (TPSA) is 58.2 Å². The zero-order chi connectivity index (χ0) is 17.7. The van der Waals surface area contributed by atoms with Crippen molar-refractivity contribution in [3.63, 3.8) is 0 Å². The second-order valence-electron chi connectivity index (χ2n) is 8.13. The van der Waals surface area contributed by atoms with Gasteiger partial charge in [-0.25, -0.2) is 0 Å². The van der Waals surface area contributed by atoms with E-state index in [1.807, 2.05) is 0 Å². The molecule has 0 spiro atoms. The van der Waals surface area contributed by atoms with E-state index in [0.717, 1.165) is 32.1 Å². The van der Waals surface area contributed by atoms with Crippen LogP contribution in [0.15, 0.2) is 24.3 Å². The molecule has 0 radical (unpaired) electrons. The Hall–Kier alpha value is -1.26. The summed E-state index contributed by atoms with van der Waals surface area (Å²) in [6, 6.07) is 6.90. The molecule has 4 aliphatic rings. The van der Waals surface area contributed by atoms with Gasteiger partial charge >= 0.3 is 0 Å². The number of alkyl halides is 1. The molecule has 4 bridgehead atoms. The van der Waals surface area contributed by atoms with E-state index in [2.05, 4.69) is 10.6 Å². The number of hydrogen-bond acceptors (Lipinski definition) is 2. The first-order valence-corrected chi connectivity index (χ1v) is 9.64. The van der Waals surface area contributed by atoms with E-state index in [9.17, 15) is 9.59 Å². The summed E-state index contributed by atoms with van der Waals surface area (Å²) in [6.45, 7) is -0.0200. The number of benzene rings is 1. The van der Waals surface area contributed by atoms with E-state index in [4.69, 9.17) is 23.2 Å². The number of anilines is 1. The summed E-state index contributed by atoms with van der Waals surface area (Å²) in [5.74, 6) is 0.888. The molecular formula is C19H22Cl2N2O2. The number of nitrogens with one attached hydrogen (secondary N) is 2. The minimum atomic E-state index is -0.369. The summed E-state index contributed by atoms with van der Waals surface area (Å²) in [4.78, 5) is 24.8. The normalized spacial score (nSPS) is 35.4. The van der Waals surface area contributed by atoms with Gasteiger partial charge in [-0.05, 0) is 74.6 Å². The predicted molar refractivity (Wildman–Crippen MR) is 98.8 cm³/mol. The number of amides is 2. The molecule has 4 saturated carbocycles. The lowest BCUT2D eigenvalue weighted by atomic mass is 9.49. The summed E-state index contributed by atoms with van der Waals surface area (Å²) in [5, 5.41) is 6.23. The molecule has 2 unspecified atom stereocenters. The minimum Gasteiger partial charge on any atom is -0.347 e. The fraction of sp³-hybridized carbons (Fsp3) is 0.579. The highest BCUT2D eigenvalue weighted by molar-refractivity contribution is 6.30. The molecule has 0 heterocycles. The van der Waals surface area contributed by atoms with Crippen LogP contribution in [0, 0.1) is 17.3 Å². The largest absolute Gasteiger partial charge is 0.347 e. The molecule has 2 N–H and O–H groups in total. The Bertz CT molecular complexity index is 690. The Balaban J connectivity index is 1.36. The zero-order valence-electron chi connectivity index (χ0n) is 14.0. The van der Waals surface area contributed by atoms with Crippen LogP contribution < -0.4 is 10.6 Å². The highest BCUT2D eigenvalue weighted by Gasteiger charge is 2.59. The average molecular weight is 381 g/mol. The molecule has 4 atom stereocenters. The molecule has 4 nitrogen and oxygen atoms in total. The highest BCUT2D eigenvalue weighted by Crippen LogP contribution is 2.63. The first-order chi connectivity index (χ1) is 11.9. The maximum Gasteiger partial charge on any atom is 0.243 e. The molecule has 134 valence electrons. The molecule has 2 amide bonds. The van der Waals surface area contributed by atoms with Gasteiger partial charge < -0.3 is 10.6 Å². The molecule has 1 aromatic carbocycles. The Morgan fingerprint density at radius 3 is 2.32 bits per heavy atom. The summed E-state index contributed by atoms with van der Waals surface area (Å²) in [7, 11) is 0. The van der Waals surface area contributed by atoms with E-state index in [1.54, 1.807) is 24.3 Å². The van der Waals surface area contributed by atoms with Gasteiger partial charge in [0.1, 0.15) is 0 Å². The fourth-order valence-corrected chi connectivity index (χ4v) is 6.32. The third-order valence-electron chi connectivity index (χ3n) is 6.01. The Morgan fingerprint density at radius 1 is 1.08 bits per heavy atom. The Labute approximate surface area is 157 Å². The van der Waals surface area contributed by atoms with E-state index < -0.39 is 0 Å². The molecule has 0 aliphatic heterocycles. The third-order valence-corrected chi connectivity index (χ3v) is 6.70. The highest BCUT2D eigenvalue weighted by atomic mass is 35.5. The first-order valence-electron chi connectivity index (χ1n) is 8.89. The standard InChI is InChI=1S/C19H22Cl2N2O2/c20-14-1-3-15(4-2-14)23-16(24)10-22-17(25)18-6-12-5-13(7-18)9-19(21,8-12)11-18/h1-4,12-13H,5-11H2,(H,22,25)(H,23,24)/t12-,13+,18?,19?. The molecule has 0 saturated heterocycles. The van der Waals surface area contributed by atoms with Crippen molar-refractivity contribution in [1.82, 2.24) is 5.32 Å². The van der Waals surface area contributed by atoms with Crippen molar-refractivity contribution < 1.29 is 9.59 Å². The molecule has 6 heteroatoms. The van der Waals surface area contributed by atoms with E-state index in [1.165, 1.54) is 6.42 Å². The molecule has 0 aromatic heterocycles. The molecule has 1 aromatic rings. The van der Waals surface area contributed by atoms with Gasteiger partial charge in [0.25, 0.3) is 0 Å². The summed E-state index contributed by atoms with van der Waals surface area (Å²) < 4.78 is 0. The lowest BCUT2D eigenvalue weighted by Crippen LogP contribution is -2.58. The predicted octanol–water partition coefficient (Wildman–Crippen LogP) is 3.97. The van der Waals surface area contributed by atoms with Crippen LogP contribution in [0.1, 0.15) is 38.5 Å². The molecular weight excluding hydrogens is 359 g/mol. The Kier molecular flexibility index (Phi) is 4.24. The summed E-state index contributed by atoms with van der Waals surface area (Å²) >= 11 is 12.6. The zero-order valence-corrected chi connectivity index (χ0v) is 15.5. The lowest BCUT2D eigenvalue weighted by molar-refractivity contribution is -0.145. The van der Waals surface area contributed by atoms with Gasteiger partial charge in [0.05, 0.1) is 12.0 Å². The van der Waals surface area contributed by atoms with E-state index in [-0.39, 0.29) is 28.6 Å². The van der Waals surface area contributed by atoms with Gasteiger partial charge in [-0.2, -0.15) is 0 Å². The van der Waals surface area contributed by atoms with Gasteiger partial charge in [-0.3, -0.25) is 9.59 Å². The van der Waals surface area contributed by atoms with Crippen molar-refractivity contribution >= 4 is 40.7 Å². The van der Waals surface area contributed by atoms with Gasteiger partial charge in [0.15, 0.2) is 0 Å². The van der Waals surface area contributed by atoms with Crippen LogP contribution in [-0.2, 0) is 9.59 Å². The number of carbonyl (C=O) groups excluding carboxylic acids is 2. The maximum absolute atomic E-state index is 12.9. The maximum atomic E-state index is 12.9. The second kappa shape index (κ2) is 6.17. The van der Waals surface area contributed by atoms with Crippen LogP contribution in [0.25, 0.3) is 0 Å². The Morgan fingerprint density at radius 2 is 1.72 bits per heavy atom. The van der Waals surface area contributed by atoms with Gasteiger partial charge in [0.2, 0.25) is 11.8 Å². The van der Waals surface area contributed by atoms with Crippen molar-refractivity contribution in [3.05, 3.63) is 29.3 Å². The first kappa shape index (κ1) is 17.2. The van der Waals surface area contributed by atoms with Crippen LogP contribution >= 0.6 is 23.2 Å². The van der Waals surface area contributed by atoms with Gasteiger partial charge in [-0.1, -0.05) is 11.6 Å². The SMILES string of the molecule is O=C(CNC(=O)C12C[C@@H]3C[C@@H](CC(Cl)(C3)C1)C2)Nc1ccc(Cl)cc1. The van der Waals surface area contributed by atoms with Crippen molar-refractivity contribution in [2.45, 2.75) is 43.4 Å². The minimum absolute atomic E-state index is 0.00196. The third kappa shape index (κ3) is 3.39. The van der Waals surface area contributed by atoms with Crippen molar-refractivity contribution in [2.75, 3.05) is 11.9 Å². The number of hydrogen-bond donors (Lipinski definition) is 2. The van der Waals surface area contributed by atoms with Crippen LogP contribution in [-0.4, -0.2) is 23.2 Å². The average Bonchev–Trinajstić information content (AvgIpc) is 2.52. The van der Waals surface area contributed by atoms with Crippen LogP contribution in [0.2, 0.25) is 5.02 Å². The van der Waals surface area contributed by atoms with Crippen molar-refractivity contribution in [1.29, 1.82) is 0 Å². The molecule has 5 rings (SSSR count). The van der Waals surface area contributed by atoms with Gasteiger partial charge in [0, 0.05) is 15.6 Å². The number of halogens is 2. The van der Waals surface area contributed by atoms with Crippen molar-refractivity contribution in [2.24, 2.45) is 17.3 Å². The number of carbonyl (C=O) groups is 2.